The van der Waals surface area contributed by atoms with E-state index in [-0.39, 0.29) is 46.8 Å². The molecular weight excluding hydrogens is 1730 g/mol. The molecule has 11 aromatic rings. The largest absolute Gasteiger partial charge is 0.508 e. The Bertz CT molecular complexity index is 5170. The fourth-order valence-corrected chi connectivity index (χ4v) is 14.0. The van der Waals surface area contributed by atoms with E-state index in [9.17, 15) is 23.5 Å². The Morgan fingerprint density at radius 1 is 0.432 bits per heavy atom. The number of ketones is 1. The van der Waals surface area contributed by atoms with E-state index in [1.165, 1.54) is 0 Å². The van der Waals surface area contributed by atoms with Crippen molar-refractivity contribution in [1.29, 1.82) is 0 Å². The third-order valence-corrected chi connectivity index (χ3v) is 21.7. The van der Waals surface area contributed by atoms with Crippen LogP contribution < -0.4 is 38.9 Å². The Morgan fingerprint density at radius 2 is 0.744 bits per heavy atom. The summed E-state index contributed by atoms with van der Waals surface area (Å²) in [5.74, 6) is 7.29. The highest BCUT2D eigenvalue weighted by molar-refractivity contribution is 9.12. The number of phenolic OH excluding ortho intramolecular Hbond substituents is 1. The fraction of sp³-hybridized carbons (Fsp3) is 0.316. The first-order valence-electron chi connectivity index (χ1n) is 42.4. The van der Waals surface area contributed by atoms with Crippen molar-refractivity contribution >= 4 is 49.4 Å². The third-order valence-electron chi connectivity index (χ3n) is 20.1. The highest BCUT2D eigenvalue weighted by Crippen LogP contribution is 2.35. The maximum atomic E-state index is 13.8. The molecule has 16 rings (SSSR count). The predicted molar refractivity (Wildman–Crippen MR) is 484 cm³/mol. The minimum atomic E-state index is -0.912. The fourth-order valence-electron chi connectivity index (χ4n) is 12.9. The van der Waals surface area contributed by atoms with E-state index in [0.717, 1.165) is 200 Å². The molecule has 8 aromatic carbocycles. The molecule has 3 heterocycles. The molecule has 0 saturated heterocycles. The number of hydrogen-bond donors (Lipinski definition) is 4. The number of aromatic carboxylic acids is 1. The first kappa shape index (κ1) is 93.2. The van der Waals surface area contributed by atoms with Crippen LogP contribution in [0.3, 0.4) is 0 Å². The van der Waals surface area contributed by atoms with Gasteiger partial charge in [0.15, 0.2) is 11.6 Å². The van der Waals surface area contributed by atoms with Crippen LogP contribution in [0, 0.1) is 0 Å². The number of rotatable bonds is 28. The van der Waals surface area contributed by atoms with Crippen LogP contribution in [-0.4, -0.2) is 108 Å². The van der Waals surface area contributed by atoms with Crippen molar-refractivity contribution in [3.8, 4) is 115 Å². The van der Waals surface area contributed by atoms with Gasteiger partial charge < -0.3 is 67.9 Å². The topological polar surface area (TPSA) is 315 Å². The molecule has 654 valence electrons. The van der Waals surface area contributed by atoms with Crippen LogP contribution in [0.15, 0.2) is 270 Å². The number of nitrogens with two attached hydrogens (primary N) is 1. The molecular formula is C98H104Br2F2N8O15. The average Bonchev–Trinajstić information content (AvgIpc) is 1.71. The third kappa shape index (κ3) is 29.9. The van der Waals surface area contributed by atoms with Crippen LogP contribution >= 0.6 is 31.9 Å². The van der Waals surface area contributed by atoms with Crippen LogP contribution in [0.2, 0.25) is 0 Å². The molecule has 4 unspecified atom stereocenters. The summed E-state index contributed by atoms with van der Waals surface area (Å²) in [5.41, 5.74) is 11.3. The van der Waals surface area contributed by atoms with Gasteiger partial charge in [0.25, 0.3) is 17.7 Å². The van der Waals surface area contributed by atoms with Crippen molar-refractivity contribution in [3.63, 3.8) is 0 Å². The van der Waals surface area contributed by atoms with E-state index in [1.54, 1.807) is 103 Å². The Kier molecular flexibility index (Phi) is 37.1. The minimum Gasteiger partial charge on any atom is -0.508 e. The lowest BCUT2D eigenvalue weighted by Gasteiger charge is -2.22. The number of carbonyl (C=O) groups is 2. The molecule has 5 aliphatic carbocycles. The van der Waals surface area contributed by atoms with Crippen LogP contribution in [-0.2, 0) is 4.79 Å². The number of carbonyl (C=O) groups excluding carboxylic acids is 1. The van der Waals surface area contributed by atoms with E-state index in [1.807, 2.05) is 115 Å². The number of nitrogens with zero attached hydrogens (tertiary/aromatic N) is 7. The van der Waals surface area contributed by atoms with Gasteiger partial charge in [-0.2, -0.15) is 15.0 Å². The van der Waals surface area contributed by atoms with Crippen molar-refractivity contribution in [3.05, 3.63) is 262 Å². The van der Waals surface area contributed by atoms with Crippen molar-refractivity contribution in [1.82, 2.24) is 30.4 Å². The van der Waals surface area contributed by atoms with Gasteiger partial charge in [0.2, 0.25) is 17.5 Å². The molecule has 5 N–H and O–H groups in total. The molecule has 0 spiro atoms. The maximum Gasteiger partial charge on any atom is 0.335 e. The van der Waals surface area contributed by atoms with Gasteiger partial charge in [-0.05, 0) is 322 Å². The van der Waals surface area contributed by atoms with Crippen molar-refractivity contribution in [2.45, 2.75) is 180 Å². The monoisotopic (exact) mass is 1830 g/mol. The van der Waals surface area contributed by atoms with Gasteiger partial charge in [0.05, 0.1) is 25.4 Å². The summed E-state index contributed by atoms with van der Waals surface area (Å²) in [7, 11) is 0. The summed E-state index contributed by atoms with van der Waals surface area (Å²) in [6.45, 7) is 8.50. The summed E-state index contributed by atoms with van der Waals surface area (Å²) < 4.78 is 86.2. The van der Waals surface area contributed by atoms with Gasteiger partial charge in [-0.1, -0.05) is 111 Å². The Morgan fingerprint density at radius 3 is 1.06 bits per heavy atom. The van der Waals surface area contributed by atoms with E-state index in [2.05, 4.69) is 100 Å². The van der Waals surface area contributed by atoms with Crippen LogP contribution in [0.1, 0.15) is 172 Å². The van der Waals surface area contributed by atoms with Crippen molar-refractivity contribution < 1.29 is 80.5 Å². The van der Waals surface area contributed by atoms with Crippen LogP contribution in [0.4, 0.5) is 8.78 Å². The molecule has 3 aromatic heterocycles. The number of oxime groups is 1. The summed E-state index contributed by atoms with van der Waals surface area (Å²) in [5, 5.41) is 41.7. The molecule has 5 aliphatic rings. The number of halogens is 4. The number of carboxylic acids is 1. The van der Waals surface area contributed by atoms with Gasteiger partial charge in [-0.15, -0.1) is 0 Å². The lowest BCUT2D eigenvalue weighted by atomic mass is 10.0. The standard InChI is InChI=1S/C24H25BrN2O3.C24H25FN2O3.C20H17FN2O3.C13H15BrN2O2.C11H14O3.C6H8O/c2*1-2-3-16-28-19-12-10-18(11-13-19)24-26-23(27-30-24)17-8-14-20(15-9-17)29-22-7-5-4-6-21(22)25;21-17-3-1-2-4-18(17)25-16-11-7-13(8-12-16)19-22-20(26-23-19)14-5-9-15(24)10-6-14;14-11-3-1-2-4-12(11)18-10-7-5-9(6-8-10)13(15)16-17;1-2-3-8-14-10-6-4-9(5-7-10)11(12)13;7-6-4-2-1-3-5-6/h2*6,8-15,22H,2-5,7,16H2,1H3;3,5-12,18,24H,1-2,4H2;3,5-8,12,17H,1-2,4H2,(H2,15,16);4-7H,2-3,8H2,1H3,(H,12,13);2,4H,1,3,5H2. The lowest BCUT2D eigenvalue weighted by Crippen LogP contribution is -2.19. The molecule has 0 bridgehead atoms. The Labute approximate surface area is 743 Å². The second kappa shape index (κ2) is 49.7. The van der Waals surface area contributed by atoms with Gasteiger partial charge in [0, 0.05) is 54.3 Å². The van der Waals surface area contributed by atoms with E-state index in [0.29, 0.717) is 78.3 Å². The SMILES string of the molecule is CCCCOc1ccc(-c2nc(-c3ccc(OC4CCCC=C4Br)cc3)no2)cc1.CCCCOc1ccc(-c2nc(-c3ccc(OC4CCCC=C4F)cc3)no2)cc1.CCCCOc1ccc(C(=O)O)cc1.N/C(=N\O)c1ccc(OC2CCCC=C2Br)cc1.O=C1C=CCCC1.Oc1ccc(-c2nc(-c3ccc(OC4CCCC=C4F)cc3)no2)cc1. The molecule has 27 heteroatoms. The summed E-state index contributed by atoms with van der Waals surface area (Å²) >= 11 is 7.13. The molecule has 4 atom stereocenters. The van der Waals surface area contributed by atoms with E-state index < -0.39 is 18.2 Å². The normalized spacial score (nSPS) is 16.5. The van der Waals surface area contributed by atoms with Gasteiger partial charge >= 0.3 is 5.97 Å². The zero-order valence-electron chi connectivity index (χ0n) is 70.2. The number of amidine groups is 1. The number of hydrogen-bond acceptors (Lipinski definition) is 21. The zero-order valence-corrected chi connectivity index (χ0v) is 73.4. The highest BCUT2D eigenvalue weighted by atomic mass is 79.9. The van der Waals surface area contributed by atoms with E-state index >= 15 is 0 Å². The number of allylic oxidation sites excluding steroid dienone is 6. The molecule has 0 fully saturated rings. The average molecular weight is 1830 g/mol. The summed E-state index contributed by atoms with van der Waals surface area (Å²) in [6, 6.07) is 57.8. The molecule has 0 aliphatic heterocycles. The van der Waals surface area contributed by atoms with Crippen LogP contribution in [0.5, 0.6) is 46.0 Å². The Balaban J connectivity index is 0.000000152. The maximum absolute atomic E-state index is 13.8. The van der Waals surface area contributed by atoms with Crippen LogP contribution in [0.25, 0.3) is 68.5 Å². The molecule has 0 amide bonds. The summed E-state index contributed by atoms with van der Waals surface area (Å²) in [6.07, 6.45) is 31.0. The lowest BCUT2D eigenvalue weighted by molar-refractivity contribution is -0.115. The highest BCUT2D eigenvalue weighted by Gasteiger charge is 2.24. The minimum absolute atomic E-state index is 0.0912. The van der Waals surface area contributed by atoms with Gasteiger partial charge in [-0.3, -0.25) is 4.79 Å². The molecule has 23 nitrogen and oxygen atoms in total. The van der Waals surface area contributed by atoms with Crippen molar-refractivity contribution in [2.75, 3.05) is 19.8 Å². The summed E-state index contributed by atoms with van der Waals surface area (Å²) in [4.78, 5) is 34.3. The number of phenols is 1. The smallest absolute Gasteiger partial charge is 0.335 e. The van der Waals surface area contributed by atoms with Gasteiger partial charge in [0.1, 0.15) is 82.1 Å². The number of carboxylic acid groups (broad SMARTS) is 1. The predicted octanol–water partition coefficient (Wildman–Crippen LogP) is 24.9. The zero-order chi connectivity index (χ0) is 87.9. The molecule has 0 saturated carbocycles. The second-order valence-corrected chi connectivity index (χ2v) is 31.5. The van der Waals surface area contributed by atoms with E-state index in [4.69, 9.17) is 62.8 Å². The number of ether oxygens (including phenoxy) is 7. The molecule has 125 heavy (non-hydrogen) atoms. The second-order valence-electron chi connectivity index (χ2n) is 29.6. The quantitative estimate of drug-likeness (QED) is 0.0116. The van der Waals surface area contributed by atoms with Crippen molar-refractivity contribution in [2.24, 2.45) is 10.9 Å². The number of aromatic nitrogens is 6. The molecule has 0 radical (unpaired) electrons. The number of benzene rings is 8. The Hall–Kier alpha value is -12.5. The number of aromatic hydroxyl groups is 1. The van der Waals surface area contributed by atoms with Gasteiger partial charge in [-0.25, -0.2) is 13.6 Å². The first-order chi connectivity index (χ1) is 61.0. The number of unbranched alkanes of at least 4 members (excludes halogenated alkanes) is 3. The first-order valence-corrected chi connectivity index (χ1v) is 44.0.